The van der Waals surface area contributed by atoms with Crippen molar-refractivity contribution in [3.63, 3.8) is 0 Å². The summed E-state index contributed by atoms with van der Waals surface area (Å²) in [6.45, 7) is -0.474. The predicted molar refractivity (Wildman–Crippen MR) is 124 cm³/mol. The van der Waals surface area contributed by atoms with Crippen molar-refractivity contribution in [2.24, 2.45) is 0 Å². The molecule has 1 amide bonds. The predicted octanol–water partition coefficient (Wildman–Crippen LogP) is 3.47. The van der Waals surface area contributed by atoms with E-state index in [2.05, 4.69) is 5.32 Å². The summed E-state index contributed by atoms with van der Waals surface area (Å²) in [7, 11) is 0. The van der Waals surface area contributed by atoms with E-state index >= 15 is 0 Å². The molecule has 0 saturated carbocycles. The van der Waals surface area contributed by atoms with Crippen molar-refractivity contribution in [1.29, 1.82) is 2.86 Å². The molecule has 1 fully saturated rings. The number of nitrogens with one attached hydrogen (secondary N) is 1. The number of para-hydroxylation sites is 2. The topological polar surface area (TPSA) is 88.7 Å². The first-order valence-electron chi connectivity index (χ1n) is 12.8. The Balaban J connectivity index is 1.74. The molecule has 5 heterocycles. The number of hydrogen-bond donors (Lipinski definition) is 3. The second-order valence-electron chi connectivity index (χ2n) is 9.41. The Hall–Kier alpha value is -3.39. The molecule has 0 radical (unpaired) electrons. The molecule has 5 aromatic rings. The molecule has 3 aliphatic heterocycles. The van der Waals surface area contributed by atoms with Crippen molar-refractivity contribution in [2.45, 2.75) is 37.4 Å². The van der Waals surface area contributed by atoms with Crippen LogP contribution in [-0.2, 0) is 17.0 Å². The van der Waals surface area contributed by atoms with Crippen LogP contribution in [0.5, 0.6) is 0 Å². The molecule has 3 aromatic carbocycles. The first-order chi connectivity index (χ1) is 17.8. The lowest BCUT2D eigenvalue weighted by Crippen LogP contribution is -2.53. The van der Waals surface area contributed by atoms with E-state index in [4.69, 9.17) is 20.6 Å². The summed E-state index contributed by atoms with van der Waals surface area (Å²) < 4.78 is 44.2. The lowest BCUT2D eigenvalue weighted by atomic mass is 9.89. The summed E-state index contributed by atoms with van der Waals surface area (Å²) in [5, 5.41) is 15.7. The van der Waals surface area contributed by atoms with E-state index < -0.39 is 30.0 Å². The van der Waals surface area contributed by atoms with Gasteiger partial charge in [-0.1, -0.05) is 36.4 Å². The van der Waals surface area contributed by atoms with Crippen molar-refractivity contribution in [3.05, 3.63) is 59.7 Å². The number of carbonyl (C=O) groups is 1. The van der Waals surface area contributed by atoms with Gasteiger partial charge in [-0.05, 0) is 24.6 Å². The van der Waals surface area contributed by atoms with Crippen LogP contribution in [0.3, 0.4) is 0 Å². The van der Waals surface area contributed by atoms with Crippen molar-refractivity contribution >= 4 is 49.5 Å². The Bertz CT molecular complexity index is 1860. The SMILES string of the molecule is [2H]OCC1(O[2H])CC2OC1(C)n1c3ccccc3c3c4c(c5c6ccccc6n2c5c31)C(=O)NC4([2H])[2H]. The maximum atomic E-state index is 13.4. The molecular weight excluding hydrogens is 418 g/mol. The summed E-state index contributed by atoms with van der Waals surface area (Å²) in [6.07, 6.45) is -0.356. The van der Waals surface area contributed by atoms with Gasteiger partial charge in [0.05, 0.1) is 37.0 Å². The second kappa shape index (κ2) is 5.39. The van der Waals surface area contributed by atoms with Crippen LogP contribution in [0.4, 0.5) is 0 Å². The standard InChI is InChI=1S/C26H21N3O4/c1-25-26(32,12-30)10-18(33-25)28-16-8-4-2-6-13(16)20-21-15(11-27-24(21)31)19-14-7-3-5-9-17(14)29(25)23(19)22(20)28/h2-9,18,30,32H,10-12H2,1H3,(H,27,31)/i11D2,30D,32D. The minimum Gasteiger partial charge on any atom is -0.393 e. The van der Waals surface area contributed by atoms with E-state index in [1.807, 2.05) is 64.6 Å². The zero-order chi connectivity index (χ0) is 25.5. The summed E-state index contributed by atoms with van der Waals surface area (Å²) >= 11 is 0. The van der Waals surface area contributed by atoms with Gasteiger partial charge in [0.2, 0.25) is 2.86 Å². The molecule has 8 rings (SSSR count). The van der Waals surface area contributed by atoms with E-state index in [0.29, 0.717) is 27.4 Å². The molecule has 3 N–H and O–H groups in total. The molecule has 0 spiro atoms. The fourth-order valence-corrected chi connectivity index (χ4v) is 6.47. The molecule has 3 aliphatic rings. The lowest BCUT2D eigenvalue weighted by Gasteiger charge is -2.38. The number of fused-ring (bicyclic) bond motifs is 13. The van der Waals surface area contributed by atoms with E-state index in [-0.39, 0.29) is 13.0 Å². The van der Waals surface area contributed by atoms with Crippen LogP contribution < -0.4 is 5.32 Å². The maximum Gasteiger partial charge on any atom is 0.252 e. The summed E-state index contributed by atoms with van der Waals surface area (Å²) in [4.78, 5) is 13.4. The minimum atomic E-state index is -2.10. The van der Waals surface area contributed by atoms with Gasteiger partial charge in [0.25, 0.3) is 5.91 Å². The van der Waals surface area contributed by atoms with Crippen LogP contribution in [0.25, 0.3) is 43.6 Å². The Morgan fingerprint density at radius 3 is 2.70 bits per heavy atom. The molecule has 164 valence electrons. The normalized spacial score (nSPS) is 31.1. The molecule has 0 aliphatic carbocycles. The zero-order valence-corrected chi connectivity index (χ0v) is 17.6. The number of carbonyl (C=O) groups excluding carboxylic acids is 1. The number of hydrogen-bond acceptors (Lipinski definition) is 4. The largest absolute Gasteiger partial charge is 0.393 e. The zero-order valence-electron chi connectivity index (χ0n) is 21.6. The number of ether oxygens (including phenoxy) is 1. The lowest BCUT2D eigenvalue weighted by molar-refractivity contribution is -0.189. The highest BCUT2D eigenvalue weighted by atomic mass is 16.6. The van der Waals surface area contributed by atoms with Gasteiger partial charge in [-0.2, -0.15) is 0 Å². The third kappa shape index (κ3) is 1.75. The molecule has 3 atom stereocenters. The highest BCUT2D eigenvalue weighted by Gasteiger charge is 2.60. The van der Waals surface area contributed by atoms with Gasteiger partial charge < -0.3 is 29.4 Å². The molecule has 7 nitrogen and oxygen atoms in total. The van der Waals surface area contributed by atoms with Gasteiger partial charge in [0, 0.05) is 34.5 Å². The van der Waals surface area contributed by atoms with E-state index in [1.165, 1.54) is 0 Å². The summed E-state index contributed by atoms with van der Waals surface area (Å²) in [5.41, 5.74) is 1.06. The fourth-order valence-electron chi connectivity index (χ4n) is 6.47. The van der Waals surface area contributed by atoms with Gasteiger partial charge in [-0.25, -0.2) is 0 Å². The van der Waals surface area contributed by atoms with Crippen LogP contribution >= 0.6 is 0 Å². The molecule has 2 aromatic heterocycles. The highest BCUT2D eigenvalue weighted by molar-refractivity contribution is 6.31. The highest BCUT2D eigenvalue weighted by Crippen LogP contribution is 2.57. The quantitative estimate of drug-likeness (QED) is 0.398. The third-order valence-corrected chi connectivity index (χ3v) is 7.95. The summed E-state index contributed by atoms with van der Waals surface area (Å²) in [6, 6.07) is 15.3. The molecule has 7 heteroatoms. The smallest absolute Gasteiger partial charge is 0.252 e. The van der Waals surface area contributed by atoms with Crippen molar-refractivity contribution in [2.75, 3.05) is 6.61 Å². The number of amides is 1. The van der Waals surface area contributed by atoms with Crippen LogP contribution in [0.2, 0.25) is 0 Å². The number of aliphatic hydroxyl groups is 2. The van der Waals surface area contributed by atoms with Crippen molar-refractivity contribution in [3.8, 4) is 0 Å². The van der Waals surface area contributed by atoms with Gasteiger partial charge in [0.15, 0.2) is 5.72 Å². The number of benzene rings is 3. The van der Waals surface area contributed by atoms with E-state index in [1.54, 1.807) is 0 Å². The monoisotopic (exact) mass is 443 g/mol. The Kier molecular flexibility index (Phi) is 2.40. The van der Waals surface area contributed by atoms with Crippen LogP contribution in [0, 0.1) is 0 Å². The van der Waals surface area contributed by atoms with Crippen LogP contribution in [0.15, 0.2) is 48.5 Å². The maximum absolute atomic E-state index is 13.4. The number of nitrogens with zero attached hydrogens (tertiary/aromatic N) is 2. The Morgan fingerprint density at radius 2 is 1.91 bits per heavy atom. The average Bonchev–Trinajstić information content (AvgIpc) is 3.52. The van der Waals surface area contributed by atoms with E-state index in [9.17, 15) is 4.79 Å². The van der Waals surface area contributed by atoms with E-state index in [0.717, 1.165) is 27.3 Å². The van der Waals surface area contributed by atoms with Gasteiger partial charge >= 0.3 is 0 Å². The first kappa shape index (κ1) is 14.7. The average molecular weight is 443 g/mol. The molecule has 1 saturated heterocycles. The number of rotatable bonds is 3. The van der Waals surface area contributed by atoms with Crippen molar-refractivity contribution < 1.29 is 22.5 Å². The number of aromatic nitrogens is 2. The molecule has 2 bridgehead atoms. The minimum absolute atomic E-state index is 0.207. The van der Waals surface area contributed by atoms with Crippen molar-refractivity contribution in [1.82, 2.24) is 14.5 Å². The fraction of sp³-hybridized carbons (Fsp3) is 0.269. The summed E-state index contributed by atoms with van der Waals surface area (Å²) in [5.74, 6) is -0.449. The second-order valence-corrected chi connectivity index (χ2v) is 9.41. The first-order valence-corrected chi connectivity index (χ1v) is 11.0. The number of aliphatic hydroxyl groups excluding tert-OH is 1. The van der Waals surface area contributed by atoms with Crippen LogP contribution in [-0.4, -0.2) is 40.3 Å². The van der Waals surface area contributed by atoms with Crippen LogP contribution in [0.1, 0.15) is 38.2 Å². The molecule has 3 unspecified atom stereocenters. The Morgan fingerprint density at radius 1 is 1.15 bits per heavy atom. The Labute approximate surface area is 193 Å². The molecular formula is C26H21N3O4. The van der Waals surface area contributed by atoms with Gasteiger partial charge in [-0.15, -0.1) is 0 Å². The molecule has 33 heavy (non-hydrogen) atoms. The third-order valence-electron chi connectivity index (χ3n) is 7.95. The van der Waals surface area contributed by atoms with Gasteiger partial charge in [-0.3, -0.25) is 4.79 Å². The van der Waals surface area contributed by atoms with Gasteiger partial charge in [0.1, 0.15) is 11.8 Å².